The topological polar surface area (TPSA) is 73.4 Å². The number of hydrogen-bond acceptors (Lipinski definition) is 4. The predicted molar refractivity (Wildman–Crippen MR) is 103 cm³/mol. The first-order valence-electron chi connectivity index (χ1n) is 8.93. The zero-order valence-corrected chi connectivity index (χ0v) is 15.1. The zero-order chi connectivity index (χ0) is 18.6. The van der Waals surface area contributed by atoms with Crippen LogP contribution in [0.3, 0.4) is 0 Å². The summed E-state index contributed by atoms with van der Waals surface area (Å²) < 4.78 is 9.27. The number of amides is 1. The fraction of sp³-hybridized carbons (Fsp3) is 0.250. The second kappa shape index (κ2) is 7.49. The van der Waals surface area contributed by atoms with E-state index < -0.39 is 0 Å². The molecule has 1 aromatic carbocycles. The van der Waals surface area contributed by atoms with Gasteiger partial charge in [0.05, 0.1) is 7.11 Å². The average Bonchev–Trinajstić information content (AvgIpc) is 3.30. The molecule has 138 valence electrons. The predicted octanol–water partition coefficient (Wildman–Crippen LogP) is 2.44. The minimum Gasteiger partial charge on any atom is -0.497 e. The van der Waals surface area contributed by atoms with Gasteiger partial charge in [0.2, 0.25) is 5.91 Å². The average molecular weight is 363 g/mol. The van der Waals surface area contributed by atoms with Crippen LogP contribution in [0.15, 0.2) is 54.9 Å². The van der Waals surface area contributed by atoms with E-state index in [0.29, 0.717) is 25.9 Å². The van der Waals surface area contributed by atoms with Crippen LogP contribution in [-0.2, 0) is 17.8 Å². The Labute approximate surface area is 156 Å². The molecule has 0 atom stereocenters. The number of benzene rings is 1. The van der Waals surface area contributed by atoms with E-state index in [1.165, 1.54) is 0 Å². The van der Waals surface area contributed by atoms with Gasteiger partial charge in [-0.15, -0.1) is 10.2 Å². The van der Waals surface area contributed by atoms with Crippen molar-refractivity contribution >= 4 is 22.5 Å². The van der Waals surface area contributed by atoms with Crippen LogP contribution in [0, 0.1) is 0 Å². The second-order valence-corrected chi connectivity index (χ2v) is 6.33. The molecule has 0 aliphatic rings. The van der Waals surface area contributed by atoms with E-state index >= 15 is 0 Å². The smallest absolute Gasteiger partial charge is 0.221 e. The summed E-state index contributed by atoms with van der Waals surface area (Å²) in [6.45, 7) is 1.17. The van der Waals surface area contributed by atoms with Crippen LogP contribution in [0.1, 0.15) is 12.2 Å². The first kappa shape index (κ1) is 17.1. The number of carbonyl (C=O) groups is 1. The van der Waals surface area contributed by atoms with Gasteiger partial charge in [-0.25, -0.2) is 0 Å². The molecule has 0 spiro atoms. The molecule has 0 saturated heterocycles. The molecule has 0 aliphatic carbocycles. The van der Waals surface area contributed by atoms with E-state index in [1.54, 1.807) is 7.11 Å². The third-order valence-electron chi connectivity index (χ3n) is 4.61. The molecule has 4 rings (SSSR count). The number of rotatable bonds is 7. The van der Waals surface area contributed by atoms with Gasteiger partial charge < -0.3 is 14.6 Å². The maximum atomic E-state index is 12.2. The maximum Gasteiger partial charge on any atom is 0.221 e. The Morgan fingerprint density at radius 2 is 2.07 bits per heavy atom. The number of aromatic nitrogens is 4. The van der Waals surface area contributed by atoms with Crippen molar-refractivity contribution in [2.45, 2.75) is 19.4 Å². The summed E-state index contributed by atoms with van der Waals surface area (Å²) in [4.78, 5) is 12.2. The number of methoxy groups -OCH3 is 1. The lowest BCUT2D eigenvalue weighted by molar-refractivity contribution is -0.121. The molecule has 3 heterocycles. The fourth-order valence-corrected chi connectivity index (χ4v) is 3.19. The highest BCUT2D eigenvalue weighted by atomic mass is 16.5. The van der Waals surface area contributed by atoms with Crippen LogP contribution in [0.5, 0.6) is 5.75 Å². The molecule has 7 nitrogen and oxygen atoms in total. The minimum atomic E-state index is 0.0270. The molecular weight excluding hydrogens is 342 g/mol. The van der Waals surface area contributed by atoms with Gasteiger partial charge in [-0.05, 0) is 36.4 Å². The monoisotopic (exact) mass is 363 g/mol. The lowest BCUT2D eigenvalue weighted by atomic mass is 10.2. The molecule has 0 saturated carbocycles. The number of nitrogens with one attached hydrogen (secondary N) is 1. The van der Waals surface area contributed by atoms with E-state index in [9.17, 15) is 4.79 Å². The number of hydrogen-bond donors (Lipinski definition) is 1. The molecular formula is C20H21N5O2. The highest BCUT2D eigenvalue weighted by molar-refractivity contribution is 5.82. The number of nitrogens with zero attached hydrogens (tertiary/aromatic N) is 4. The Kier molecular flexibility index (Phi) is 4.74. The SMILES string of the molecule is COc1ccc2c(ccn2CCC(=O)NCCc2nnc3ccccn23)c1. The normalized spacial score (nSPS) is 11.1. The van der Waals surface area contributed by atoms with Gasteiger partial charge >= 0.3 is 0 Å². The Morgan fingerprint density at radius 1 is 1.15 bits per heavy atom. The van der Waals surface area contributed by atoms with Crippen LogP contribution in [-0.4, -0.2) is 38.7 Å². The molecule has 0 bridgehead atoms. The van der Waals surface area contributed by atoms with Crippen molar-refractivity contribution < 1.29 is 9.53 Å². The summed E-state index contributed by atoms with van der Waals surface area (Å²) in [5.41, 5.74) is 1.91. The largest absolute Gasteiger partial charge is 0.497 e. The van der Waals surface area contributed by atoms with Gasteiger partial charge in [-0.2, -0.15) is 0 Å². The van der Waals surface area contributed by atoms with Crippen molar-refractivity contribution in [1.29, 1.82) is 0 Å². The van der Waals surface area contributed by atoms with Gasteiger partial charge in [0.15, 0.2) is 5.65 Å². The number of fused-ring (bicyclic) bond motifs is 2. The molecule has 4 aromatic rings. The summed E-state index contributed by atoms with van der Waals surface area (Å²) in [6, 6.07) is 13.8. The van der Waals surface area contributed by atoms with Gasteiger partial charge in [-0.3, -0.25) is 9.20 Å². The molecule has 0 fully saturated rings. The van der Waals surface area contributed by atoms with Crippen molar-refractivity contribution in [2.75, 3.05) is 13.7 Å². The molecule has 0 radical (unpaired) electrons. The van der Waals surface area contributed by atoms with Crippen molar-refractivity contribution in [3.8, 4) is 5.75 Å². The Bertz CT molecular complexity index is 1080. The van der Waals surface area contributed by atoms with Crippen LogP contribution < -0.4 is 10.1 Å². The first-order chi connectivity index (χ1) is 13.2. The highest BCUT2D eigenvalue weighted by Gasteiger charge is 2.08. The summed E-state index contributed by atoms with van der Waals surface area (Å²) >= 11 is 0. The van der Waals surface area contributed by atoms with Crippen molar-refractivity contribution in [1.82, 2.24) is 24.5 Å². The fourth-order valence-electron chi connectivity index (χ4n) is 3.19. The van der Waals surface area contributed by atoms with Gasteiger partial charge in [0.25, 0.3) is 0 Å². The molecule has 7 heteroatoms. The van der Waals surface area contributed by atoms with E-state index in [0.717, 1.165) is 28.1 Å². The van der Waals surface area contributed by atoms with Crippen molar-refractivity contribution in [2.24, 2.45) is 0 Å². The van der Waals surface area contributed by atoms with Gasteiger partial charge in [-0.1, -0.05) is 6.07 Å². The summed E-state index contributed by atoms with van der Waals surface area (Å²) in [7, 11) is 1.66. The number of ether oxygens (including phenoxy) is 1. The summed E-state index contributed by atoms with van der Waals surface area (Å²) in [5.74, 6) is 1.70. The van der Waals surface area contributed by atoms with Crippen LogP contribution in [0.25, 0.3) is 16.6 Å². The summed E-state index contributed by atoms with van der Waals surface area (Å²) in [5, 5.41) is 12.4. The Hall–Kier alpha value is -3.35. The number of pyridine rings is 1. The Morgan fingerprint density at radius 3 is 2.96 bits per heavy atom. The lowest BCUT2D eigenvalue weighted by Gasteiger charge is -2.07. The standard InChI is InChI=1S/C20H21N5O2/c1-27-16-5-6-17-15(14-16)8-12-24(17)13-9-20(26)21-10-7-19-23-22-18-4-2-3-11-25(18)19/h2-6,8,11-12,14H,7,9-10,13H2,1H3,(H,21,26). The highest BCUT2D eigenvalue weighted by Crippen LogP contribution is 2.21. The van der Waals surface area contributed by atoms with E-state index in [-0.39, 0.29) is 5.91 Å². The lowest BCUT2D eigenvalue weighted by Crippen LogP contribution is -2.27. The number of aryl methyl sites for hydroxylation is 1. The van der Waals surface area contributed by atoms with E-state index in [1.807, 2.05) is 59.3 Å². The van der Waals surface area contributed by atoms with Crippen molar-refractivity contribution in [3.63, 3.8) is 0 Å². The third-order valence-corrected chi connectivity index (χ3v) is 4.61. The van der Waals surface area contributed by atoms with E-state index in [4.69, 9.17) is 4.74 Å². The molecule has 1 amide bonds. The second-order valence-electron chi connectivity index (χ2n) is 6.33. The molecule has 1 N–H and O–H groups in total. The number of carbonyl (C=O) groups excluding carboxylic acids is 1. The molecule has 3 aromatic heterocycles. The quantitative estimate of drug-likeness (QED) is 0.547. The van der Waals surface area contributed by atoms with Crippen molar-refractivity contribution in [3.05, 3.63) is 60.7 Å². The van der Waals surface area contributed by atoms with Crippen LogP contribution in [0.2, 0.25) is 0 Å². The summed E-state index contributed by atoms with van der Waals surface area (Å²) in [6.07, 6.45) is 5.00. The third kappa shape index (κ3) is 3.62. The van der Waals surface area contributed by atoms with Crippen LogP contribution in [0.4, 0.5) is 0 Å². The Balaban J connectivity index is 1.30. The first-order valence-corrected chi connectivity index (χ1v) is 8.93. The molecule has 0 unspecified atom stereocenters. The van der Waals surface area contributed by atoms with Gasteiger partial charge in [0.1, 0.15) is 11.6 Å². The zero-order valence-electron chi connectivity index (χ0n) is 15.1. The molecule has 0 aliphatic heterocycles. The van der Waals surface area contributed by atoms with Gasteiger partial charge in [0, 0.05) is 49.2 Å². The van der Waals surface area contributed by atoms with E-state index in [2.05, 4.69) is 20.1 Å². The maximum absolute atomic E-state index is 12.2. The minimum absolute atomic E-state index is 0.0270. The molecule has 27 heavy (non-hydrogen) atoms. The van der Waals surface area contributed by atoms with Crippen LogP contribution >= 0.6 is 0 Å².